The number of aromatic nitrogens is 2. The minimum atomic E-state index is 1.17. The predicted molar refractivity (Wildman–Crippen MR) is 211 cm³/mol. The van der Waals surface area contributed by atoms with Gasteiger partial charge in [-0.25, -0.2) is 0 Å². The van der Waals surface area contributed by atoms with E-state index in [-0.39, 0.29) is 0 Å². The Kier molecular flexibility index (Phi) is 6.53. The van der Waals surface area contributed by atoms with Crippen molar-refractivity contribution in [3.05, 3.63) is 194 Å². The molecular formula is C48H32N2. The molecule has 0 spiro atoms. The molecule has 0 saturated carbocycles. The third kappa shape index (κ3) is 4.50. The number of nitrogens with zero attached hydrogens (tertiary/aromatic N) is 2. The fourth-order valence-electron chi connectivity index (χ4n) is 7.81. The molecule has 2 aromatic heterocycles. The van der Waals surface area contributed by atoms with E-state index in [0.29, 0.717) is 0 Å². The zero-order chi connectivity index (χ0) is 33.0. The van der Waals surface area contributed by atoms with Gasteiger partial charge in [-0.3, -0.25) is 0 Å². The molecular weight excluding hydrogens is 605 g/mol. The molecule has 8 aromatic carbocycles. The fourth-order valence-corrected chi connectivity index (χ4v) is 7.81. The molecule has 0 N–H and O–H groups in total. The van der Waals surface area contributed by atoms with Gasteiger partial charge in [0, 0.05) is 32.8 Å². The van der Waals surface area contributed by atoms with Gasteiger partial charge in [-0.2, -0.15) is 0 Å². The van der Waals surface area contributed by atoms with Crippen LogP contribution in [0.1, 0.15) is 0 Å². The molecule has 10 rings (SSSR count). The summed E-state index contributed by atoms with van der Waals surface area (Å²) in [6, 6.07) is 70.4. The Balaban J connectivity index is 1.19. The molecule has 0 bridgehead atoms. The summed E-state index contributed by atoms with van der Waals surface area (Å²) in [4.78, 5) is 0. The molecule has 0 saturated heterocycles. The predicted octanol–water partition coefficient (Wildman–Crippen LogP) is 12.9. The molecule has 2 heteroatoms. The van der Waals surface area contributed by atoms with Gasteiger partial charge in [0.25, 0.3) is 0 Å². The average molecular weight is 637 g/mol. The Morgan fingerprint density at radius 2 is 0.760 bits per heavy atom. The van der Waals surface area contributed by atoms with Gasteiger partial charge >= 0.3 is 0 Å². The molecule has 0 amide bonds. The van der Waals surface area contributed by atoms with Crippen molar-refractivity contribution in [2.75, 3.05) is 0 Å². The van der Waals surface area contributed by atoms with Gasteiger partial charge in [0.1, 0.15) is 0 Å². The van der Waals surface area contributed by atoms with Gasteiger partial charge in [-0.1, -0.05) is 140 Å². The third-order valence-electron chi connectivity index (χ3n) is 10.1. The van der Waals surface area contributed by atoms with E-state index in [1.807, 2.05) is 0 Å². The van der Waals surface area contributed by atoms with Gasteiger partial charge in [0.05, 0.1) is 27.8 Å². The summed E-state index contributed by atoms with van der Waals surface area (Å²) in [6.45, 7) is 0. The second-order valence-electron chi connectivity index (χ2n) is 13.0. The zero-order valence-corrected chi connectivity index (χ0v) is 27.4. The molecule has 2 nitrogen and oxygen atoms in total. The van der Waals surface area contributed by atoms with E-state index in [4.69, 9.17) is 0 Å². The Bertz CT molecular complexity index is 2840. The molecule has 0 aliphatic heterocycles. The van der Waals surface area contributed by atoms with Crippen molar-refractivity contribution in [1.82, 2.24) is 9.13 Å². The summed E-state index contributed by atoms with van der Waals surface area (Å²) in [5.41, 5.74) is 14.4. The lowest BCUT2D eigenvalue weighted by molar-refractivity contribution is 1.18. The highest BCUT2D eigenvalue weighted by atomic mass is 15.0. The van der Waals surface area contributed by atoms with Crippen LogP contribution in [0.3, 0.4) is 0 Å². The zero-order valence-electron chi connectivity index (χ0n) is 27.4. The lowest BCUT2D eigenvalue weighted by Crippen LogP contribution is -1.98. The van der Waals surface area contributed by atoms with Gasteiger partial charge in [0.15, 0.2) is 0 Å². The lowest BCUT2D eigenvalue weighted by atomic mass is 9.97. The Labute approximate surface area is 290 Å². The first-order valence-electron chi connectivity index (χ1n) is 17.2. The van der Waals surface area contributed by atoms with Crippen LogP contribution in [0.25, 0.3) is 88.4 Å². The third-order valence-corrected chi connectivity index (χ3v) is 10.1. The van der Waals surface area contributed by atoms with Crippen LogP contribution in [0.2, 0.25) is 0 Å². The van der Waals surface area contributed by atoms with Crippen LogP contribution >= 0.6 is 0 Å². The Morgan fingerprint density at radius 3 is 1.50 bits per heavy atom. The molecule has 0 atom stereocenters. The van der Waals surface area contributed by atoms with Crippen LogP contribution in [0.15, 0.2) is 194 Å². The maximum Gasteiger partial charge on any atom is 0.0547 e. The molecule has 2 heterocycles. The first kappa shape index (κ1) is 28.4. The van der Waals surface area contributed by atoms with Crippen molar-refractivity contribution in [3.63, 3.8) is 0 Å². The first-order chi connectivity index (χ1) is 24.8. The van der Waals surface area contributed by atoms with E-state index in [9.17, 15) is 0 Å². The number of benzene rings is 8. The first-order valence-corrected chi connectivity index (χ1v) is 17.2. The van der Waals surface area contributed by atoms with Gasteiger partial charge in [0.2, 0.25) is 0 Å². The average Bonchev–Trinajstić information content (AvgIpc) is 3.71. The van der Waals surface area contributed by atoms with Crippen LogP contribution in [0.4, 0.5) is 0 Å². The topological polar surface area (TPSA) is 9.86 Å². The summed E-state index contributed by atoms with van der Waals surface area (Å²) in [5, 5.41) is 5.02. The summed E-state index contributed by atoms with van der Waals surface area (Å²) in [6.07, 6.45) is 0. The maximum absolute atomic E-state index is 2.45. The molecule has 0 unspecified atom stereocenters. The highest BCUT2D eigenvalue weighted by molar-refractivity contribution is 6.12. The summed E-state index contributed by atoms with van der Waals surface area (Å²) in [5.74, 6) is 0. The second kappa shape index (κ2) is 11.5. The van der Waals surface area contributed by atoms with Gasteiger partial charge < -0.3 is 9.13 Å². The number of hydrogen-bond acceptors (Lipinski definition) is 0. The maximum atomic E-state index is 2.45. The van der Waals surface area contributed by atoms with Crippen LogP contribution in [-0.2, 0) is 0 Å². The molecule has 0 fully saturated rings. The molecule has 0 aliphatic carbocycles. The van der Waals surface area contributed by atoms with Gasteiger partial charge in [-0.15, -0.1) is 0 Å². The Morgan fingerprint density at radius 1 is 0.260 bits per heavy atom. The van der Waals surface area contributed by atoms with E-state index in [0.717, 1.165) is 0 Å². The molecule has 234 valence electrons. The van der Waals surface area contributed by atoms with Crippen molar-refractivity contribution in [3.8, 4) is 44.8 Å². The van der Waals surface area contributed by atoms with E-state index < -0.39 is 0 Å². The van der Waals surface area contributed by atoms with Crippen LogP contribution in [-0.4, -0.2) is 9.13 Å². The standard InChI is InChI=1S/C48H32N2/c1-4-14-33(15-5-1)35-25-28-46(42(30-35)34-16-6-2-7-17-34)50-45-23-13-11-21-40(45)43-31-36(26-29-47(43)50)37-24-27-41-39-20-10-12-22-44(39)49(48(41)32-37)38-18-8-3-9-19-38/h1-32H. The van der Waals surface area contributed by atoms with Crippen LogP contribution in [0.5, 0.6) is 0 Å². The lowest BCUT2D eigenvalue weighted by Gasteiger charge is -2.16. The van der Waals surface area contributed by atoms with Crippen molar-refractivity contribution in [2.45, 2.75) is 0 Å². The highest BCUT2D eigenvalue weighted by Crippen LogP contribution is 2.40. The number of rotatable bonds is 5. The quantitative estimate of drug-likeness (QED) is 0.178. The molecule has 10 aromatic rings. The van der Waals surface area contributed by atoms with Crippen LogP contribution < -0.4 is 0 Å². The SMILES string of the molecule is c1ccc(-c2ccc(-n3c4ccccc4c4cc(-c5ccc6c7ccccc7n(-c7ccccc7)c6c5)ccc43)c(-c3ccccc3)c2)cc1. The van der Waals surface area contributed by atoms with E-state index in [1.165, 1.54) is 88.4 Å². The number of para-hydroxylation sites is 3. The summed E-state index contributed by atoms with van der Waals surface area (Å²) in [7, 11) is 0. The monoisotopic (exact) mass is 636 g/mol. The number of hydrogen-bond donors (Lipinski definition) is 0. The Hall–Kier alpha value is -6.64. The fraction of sp³-hybridized carbons (Fsp3) is 0. The normalized spacial score (nSPS) is 11.6. The minimum absolute atomic E-state index is 1.17. The van der Waals surface area contributed by atoms with Crippen molar-refractivity contribution < 1.29 is 0 Å². The van der Waals surface area contributed by atoms with Crippen LogP contribution in [0, 0.1) is 0 Å². The van der Waals surface area contributed by atoms with E-state index in [1.54, 1.807) is 0 Å². The van der Waals surface area contributed by atoms with Crippen molar-refractivity contribution >= 4 is 43.6 Å². The number of fused-ring (bicyclic) bond motifs is 6. The van der Waals surface area contributed by atoms with E-state index in [2.05, 4.69) is 203 Å². The minimum Gasteiger partial charge on any atom is -0.309 e. The van der Waals surface area contributed by atoms with E-state index >= 15 is 0 Å². The van der Waals surface area contributed by atoms with Crippen molar-refractivity contribution in [1.29, 1.82) is 0 Å². The summed E-state index contributed by atoms with van der Waals surface area (Å²) >= 11 is 0. The molecule has 50 heavy (non-hydrogen) atoms. The molecule has 0 radical (unpaired) electrons. The second-order valence-corrected chi connectivity index (χ2v) is 13.0. The van der Waals surface area contributed by atoms with Crippen molar-refractivity contribution in [2.24, 2.45) is 0 Å². The largest absolute Gasteiger partial charge is 0.309 e. The highest BCUT2D eigenvalue weighted by Gasteiger charge is 2.18. The smallest absolute Gasteiger partial charge is 0.0547 e. The summed E-state index contributed by atoms with van der Waals surface area (Å²) < 4.78 is 4.84. The van der Waals surface area contributed by atoms with Gasteiger partial charge in [-0.05, 0) is 82.4 Å². The molecule has 0 aliphatic rings.